The number of nitrogens with one attached hydrogen (secondary N) is 1. The van der Waals surface area contributed by atoms with Gasteiger partial charge in [-0.3, -0.25) is 14.5 Å². The molecule has 4 amide bonds. The molecule has 2 atom stereocenters. The quantitative estimate of drug-likeness (QED) is 0.733. The highest BCUT2D eigenvalue weighted by Crippen LogP contribution is 2.29. The third kappa shape index (κ3) is 3.66. The molecule has 146 valence electrons. The number of amides is 4. The molecule has 2 saturated heterocycles. The Morgan fingerprint density at radius 3 is 2.52 bits per heavy atom. The van der Waals surface area contributed by atoms with Gasteiger partial charge in [0.05, 0.1) is 11.5 Å². The number of carbonyl (C=O) groups excluding carboxylic acids is 3. The molecular weight excluding hydrogens is 394 g/mol. The highest BCUT2D eigenvalue weighted by molar-refractivity contribution is 7.91. The summed E-state index contributed by atoms with van der Waals surface area (Å²) in [5, 5.41) is 3.12. The third-order valence-electron chi connectivity index (χ3n) is 5.14. The summed E-state index contributed by atoms with van der Waals surface area (Å²) in [6.45, 7) is 1.12. The van der Waals surface area contributed by atoms with Crippen molar-refractivity contribution in [2.75, 3.05) is 25.1 Å². The van der Waals surface area contributed by atoms with E-state index in [9.17, 15) is 22.8 Å². The summed E-state index contributed by atoms with van der Waals surface area (Å²) >= 11 is 5.87. The van der Waals surface area contributed by atoms with Gasteiger partial charge in [0.25, 0.3) is 5.91 Å². The molecule has 1 aromatic rings. The van der Waals surface area contributed by atoms with E-state index >= 15 is 0 Å². The normalized spacial score (nSPS) is 26.9. The van der Waals surface area contributed by atoms with Gasteiger partial charge in [0.15, 0.2) is 9.84 Å². The van der Waals surface area contributed by atoms with E-state index < -0.39 is 45.8 Å². The molecule has 2 aliphatic rings. The average Bonchev–Trinajstić information content (AvgIpc) is 3.07. The maximum atomic E-state index is 12.8. The maximum absolute atomic E-state index is 12.8. The number of rotatable bonds is 4. The Morgan fingerprint density at radius 1 is 1.33 bits per heavy atom. The zero-order valence-corrected chi connectivity index (χ0v) is 16.5. The molecule has 0 radical (unpaired) electrons. The van der Waals surface area contributed by atoms with Crippen molar-refractivity contribution in [2.45, 2.75) is 24.9 Å². The molecule has 0 spiro atoms. The van der Waals surface area contributed by atoms with Crippen molar-refractivity contribution in [1.82, 2.24) is 15.1 Å². The van der Waals surface area contributed by atoms with Crippen molar-refractivity contribution in [3.8, 4) is 0 Å². The van der Waals surface area contributed by atoms with Gasteiger partial charge < -0.3 is 10.2 Å². The Kier molecular flexibility index (Phi) is 4.94. The van der Waals surface area contributed by atoms with E-state index in [1.807, 2.05) is 0 Å². The molecule has 8 nitrogen and oxygen atoms in total. The lowest BCUT2D eigenvalue weighted by molar-refractivity contribution is -0.139. The second kappa shape index (κ2) is 6.79. The van der Waals surface area contributed by atoms with Crippen molar-refractivity contribution in [3.63, 3.8) is 0 Å². The number of hydrogen-bond donors (Lipinski definition) is 1. The average molecular weight is 414 g/mol. The Labute approximate surface area is 162 Å². The van der Waals surface area contributed by atoms with Gasteiger partial charge >= 0.3 is 6.03 Å². The number of sulfone groups is 1. The Morgan fingerprint density at radius 2 is 1.96 bits per heavy atom. The van der Waals surface area contributed by atoms with Crippen molar-refractivity contribution < 1.29 is 22.8 Å². The van der Waals surface area contributed by atoms with Crippen LogP contribution < -0.4 is 5.32 Å². The number of urea groups is 1. The second-order valence-electron chi connectivity index (χ2n) is 7.01. The van der Waals surface area contributed by atoms with Gasteiger partial charge in [0, 0.05) is 18.1 Å². The molecule has 2 heterocycles. The molecule has 1 aromatic carbocycles. The highest BCUT2D eigenvalue weighted by atomic mass is 35.5. The van der Waals surface area contributed by atoms with E-state index in [4.69, 9.17) is 11.6 Å². The van der Waals surface area contributed by atoms with Crippen molar-refractivity contribution >= 4 is 39.3 Å². The number of benzene rings is 1. The van der Waals surface area contributed by atoms with Crippen LogP contribution in [-0.4, -0.2) is 67.2 Å². The molecule has 2 aliphatic heterocycles. The Hall–Kier alpha value is -2.13. The number of likely N-dealkylation sites (N-methyl/N-ethyl adjacent to an activating group) is 1. The van der Waals surface area contributed by atoms with Crippen LogP contribution in [0.5, 0.6) is 0 Å². The zero-order chi connectivity index (χ0) is 20.0. The smallest absolute Gasteiger partial charge is 0.325 e. The van der Waals surface area contributed by atoms with Crippen molar-refractivity contribution in [2.24, 2.45) is 0 Å². The molecule has 0 bridgehead atoms. The lowest BCUT2D eigenvalue weighted by atomic mass is 9.92. The van der Waals surface area contributed by atoms with Crippen molar-refractivity contribution in [3.05, 3.63) is 34.9 Å². The summed E-state index contributed by atoms with van der Waals surface area (Å²) in [5.74, 6) is -1.10. The van der Waals surface area contributed by atoms with Crippen LogP contribution in [-0.2, 0) is 25.0 Å². The van der Waals surface area contributed by atoms with Gasteiger partial charge in [0.1, 0.15) is 12.1 Å². The Balaban J connectivity index is 1.74. The van der Waals surface area contributed by atoms with Crippen LogP contribution in [0.2, 0.25) is 5.02 Å². The molecule has 27 heavy (non-hydrogen) atoms. The first-order valence-corrected chi connectivity index (χ1v) is 10.6. The summed E-state index contributed by atoms with van der Waals surface area (Å²) in [6.07, 6.45) is 0.354. The lowest BCUT2D eigenvalue weighted by Crippen LogP contribution is -2.46. The van der Waals surface area contributed by atoms with Gasteiger partial charge in [-0.15, -0.1) is 0 Å². The number of nitrogens with zero attached hydrogens (tertiary/aromatic N) is 2. The molecule has 3 rings (SSSR count). The minimum Gasteiger partial charge on any atom is -0.340 e. The van der Waals surface area contributed by atoms with Crippen LogP contribution >= 0.6 is 11.6 Å². The molecule has 0 saturated carbocycles. The van der Waals surface area contributed by atoms with Crippen LogP contribution in [0.15, 0.2) is 24.3 Å². The van der Waals surface area contributed by atoms with Crippen LogP contribution in [0.25, 0.3) is 0 Å². The fourth-order valence-electron chi connectivity index (χ4n) is 3.35. The SMILES string of the molecule is CN(C(=O)CN1C(=O)N[C@](C)(c2ccc(Cl)cc2)C1=O)[C@H]1CCS(=O)(=O)C1. The number of imide groups is 1. The van der Waals surface area contributed by atoms with E-state index in [1.54, 1.807) is 31.2 Å². The molecule has 0 unspecified atom stereocenters. The lowest BCUT2D eigenvalue weighted by Gasteiger charge is -2.26. The summed E-state index contributed by atoms with van der Waals surface area (Å²) < 4.78 is 23.2. The predicted molar refractivity (Wildman–Crippen MR) is 98.9 cm³/mol. The second-order valence-corrected chi connectivity index (χ2v) is 9.68. The number of halogens is 1. The van der Waals surface area contributed by atoms with Gasteiger partial charge in [-0.2, -0.15) is 0 Å². The molecule has 0 aromatic heterocycles. The highest BCUT2D eigenvalue weighted by Gasteiger charge is 2.50. The van der Waals surface area contributed by atoms with Crippen LogP contribution in [0.3, 0.4) is 0 Å². The summed E-state index contributed by atoms with van der Waals surface area (Å²) in [4.78, 5) is 39.9. The monoisotopic (exact) mass is 413 g/mol. The van der Waals surface area contributed by atoms with E-state index in [0.717, 1.165) is 4.90 Å². The first-order chi connectivity index (χ1) is 12.5. The minimum atomic E-state index is -3.15. The van der Waals surface area contributed by atoms with Gasteiger partial charge in [0.2, 0.25) is 5.91 Å². The number of carbonyl (C=O) groups is 3. The van der Waals surface area contributed by atoms with Crippen LogP contribution in [0.4, 0.5) is 4.79 Å². The summed E-state index contributed by atoms with van der Waals surface area (Å²) in [6, 6.07) is 5.40. The van der Waals surface area contributed by atoms with E-state index in [2.05, 4.69) is 5.32 Å². The van der Waals surface area contributed by atoms with E-state index in [-0.39, 0.29) is 11.5 Å². The molecule has 0 aliphatic carbocycles. The van der Waals surface area contributed by atoms with Gasteiger partial charge in [-0.05, 0) is 31.0 Å². The fraction of sp³-hybridized carbons (Fsp3) is 0.471. The minimum absolute atomic E-state index is 0.0348. The molecule has 10 heteroatoms. The van der Waals surface area contributed by atoms with Crippen molar-refractivity contribution in [1.29, 1.82) is 0 Å². The van der Waals surface area contributed by atoms with E-state index in [0.29, 0.717) is 17.0 Å². The molecule has 1 N–H and O–H groups in total. The zero-order valence-electron chi connectivity index (χ0n) is 14.9. The largest absolute Gasteiger partial charge is 0.340 e. The third-order valence-corrected chi connectivity index (χ3v) is 7.14. The first kappa shape index (κ1) is 19.6. The standard InChI is InChI=1S/C17H20ClN3O5S/c1-17(11-3-5-12(18)6-4-11)15(23)21(16(24)19-17)9-14(22)20(2)13-7-8-27(25,26)10-13/h3-6,13H,7-10H2,1-2H3,(H,19,24)/t13-,17+/m0/s1. The predicted octanol–water partition coefficient (Wildman–Crippen LogP) is 0.752. The fourth-order valence-corrected chi connectivity index (χ4v) is 5.25. The summed E-state index contributed by atoms with van der Waals surface area (Å²) in [5.41, 5.74) is -0.743. The summed E-state index contributed by atoms with van der Waals surface area (Å²) in [7, 11) is -1.65. The van der Waals surface area contributed by atoms with Crippen LogP contribution in [0.1, 0.15) is 18.9 Å². The van der Waals surface area contributed by atoms with Gasteiger partial charge in [-0.1, -0.05) is 23.7 Å². The topological polar surface area (TPSA) is 104 Å². The molecule has 2 fully saturated rings. The molecular formula is C17H20ClN3O5S. The Bertz CT molecular complexity index is 902. The van der Waals surface area contributed by atoms with Gasteiger partial charge in [-0.25, -0.2) is 13.2 Å². The van der Waals surface area contributed by atoms with Crippen LogP contribution in [0, 0.1) is 0 Å². The first-order valence-electron chi connectivity index (χ1n) is 8.40. The van der Waals surface area contributed by atoms with E-state index in [1.165, 1.54) is 11.9 Å². The maximum Gasteiger partial charge on any atom is 0.325 e. The number of hydrogen-bond acceptors (Lipinski definition) is 5.